The molecule has 0 spiro atoms. The van der Waals surface area contributed by atoms with Crippen LogP contribution in [0.15, 0.2) is 36.4 Å². The van der Waals surface area contributed by atoms with Crippen molar-refractivity contribution in [3.8, 4) is 11.4 Å². The summed E-state index contributed by atoms with van der Waals surface area (Å²) in [6, 6.07) is 10.1. The second-order valence-electron chi connectivity index (χ2n) is 7.58. The molecule has 0 radical (unpaired) electrons. The van der Waals surface area contributed by atoms with Crippen LogP contribution >= 0.6 is 0 Å². The van der Waals surface area contributed by atoms with Gasteiger partial charge in [0.2, 0.25) is 0 Å². The van der Waals surface area contributed by atoms with Gasteiger partial charge in [0.15, 0.2) is 11.5 Å². The molecule has 2 aliphatic rings. The van der Waals surface area contributed by atoms with Crippen molar-refractivity contribution in [2.24, 2.45) is 11.3 Å². The number of carbonyl (C=O) groups is 1. The van der Waals surface area contributed by atoms with Gasteiger partial charge in [-0.25, -0.2) is 4.39 Å². The van der Waals surface area contributed by atoms with Gasteiger partial charge in [0.25, 0.3) is 0 Å². The van der Waals surface area contributed by atoms with Crippen LogP contribution in [0.3, 0.4) is 0 Å². The van der Waals surface area contributed by atoms with Crippen molar-refractivity contribution in [2.75, 3.05) is 25.1 Å². The molecule has 2 fully saturated rings. The number of ether oxygens (including phenoxy) is 1. The molecule has 3 heterocycles. The predicted octanol–water partition coefficient (Wildman–Crippen LogP) is 2.71. The lowest BCUT2D eigenvalue weighted by Gasteiger charge is -2.25. The number of nitrogens with zero attached hydrogens (tertiary/aromatic N) is 5. The lowest BCUT2D eigenvalue weighted by atomic mass is 9.81. The van der Waals surface area contributed by atoms with E-state index in [1.165, 1.54) is 13.2 Å². The van der Waals surface area contributed by atoms with Crippen LogP contribution in [0.5, 0.6) is 0 Å². The normalized spacial score (nSPS) is 23.9. The number of halogens is 1. The van der Waals surface area contributed by atoms with Crippen LogP contribution in [0.25, 0.3) is 17.0 Å². The monoisotopic (exact) mass is 381 g/mol. The number of aromatic nitrogens is 4. The quantitative estimate of drug-likeness (QED) is 0.650. The molecule has 1 saturated heterocycles. The Kier molecular flexibility index (Phi) is 3.82. The summed E-state index contributed by atoms with van der Waals surface area (Å²) in [5.41, 5.74) is 0.445. The summed E-state index contributed by atoms with van der Waals surface area (Å²) in [7, 11) is 1.46. The first kappa shape index (κ1) is 17.1. The molecule has 2 unspecified atom stereocenters. The molecule has 3 aromatic rings. The number of methoxy groups -OCH3 is 1. The number of hydrogen-bond donors (Lipinski definition) is 0. The van der Waals surface area contributed by atoms with E-state index >= 15 is 0 Å². The van der Waals surface area contributed by atoms with Crippen molar-refractivity contribution in [1.29, 1.82) is 0 Å². The summed E-state index contributed by atoms with van der Waals surface area (Å²) < 4.78 is 20.9. The van der Waals surface area contributed by atoms with Crippen molar-refractivity contribution < 1.29 is 13.9 Å². The third-order valence-electron chi connectivity index (χ3n) is 6.15. The second-order valence-corrected chi connectivity index (χ2v) is 7.58. The number of carbonyl (C=O) groups excluding carboxylic acids is 1. The molecule has 2 aromatic heterocycles. The third kappa shape index (κ3) is 2.40. The van der Waals surface area contributed by atoms with Crippen molar-refractivity contribution in [3.63, 3.8) is 0 Å². The van der Waals surface area contributed by atoms with Crippen LogP contribution in [-0.2, 0) is 9.53 Å². The summed E-state index contributed by atoms with van der Waals surface area (Å²) in [4.78, 5) is 14.6. The number of benzene rings is 1. The Balaban J connectivity index is 1.54. The Labute approximate surface area is 161 Å². The molecule has 1 aliphatic carbocycles. The Morgan fingerprint density at radius 2 is 2.11 bits per heavy atom. The lowest BCUT2D eigenvalue weighted by Crippen LogP contribution is -2.37. The van der Waals surface area contributed by atoms with E-state index in [0.29, 0.717) is 23.6 Å². The molecule has 1 aromatic carbocycles. The van der Waals surface area contributed by atoms with Crippen LogP contribution < -0.4 is 4.90 Å². The summed E-state index contributed by atoms with van der Waals surface area (Å²) >= 11 is 0. The Morgan fingerprint density at radius 1 is 1.25 bits per heavy atom. The fraction of sp³-hybridized carbons (Fsp3) is 0.400. The standard InChI is InChI=1S/C20H20FN5O2/c1-28-19(27)20-10-4-5-13(20)11-25(12-20)17-9-8-16-22-23-18(26(16)24-17)14-6-2-3-7-15(14)21/h2-3,6-9,13H,4-5,10-12H2,1H3. The van der Waals surface area contributed by atoms with Crippen molar-refractivity contribution in [1.82, 2.24) is 19.8 Å². The first-order valence-corrected chi connectivity index (χ1v) is 9.43. The van der Waals surface area contributed by atoms with Gasteiger partial charge in [-0.05, 0) is 43.0 Å². The van der Waals surface area contributed by atoms with Crippen LogP contribution in [0.4, 0.5) is 10.2 Å². The van der Waals surface area contributed by atoms with Gasteiger partial charge in [0, 0.05) is 13.1 Å². The first-order valence-electron chi connectivity index (χ1n) is 9.43. The largest absolute Gasteiger partial charge is 0.469 e. The molecule has 0 N–H and O–H groups in total. The zero-order valence-corrected chi connectivity index (χ0v) is 15.5. The van der Waals surface area contributed by atoms with E-state index in [1.807, 2.05) is 12.1 Å². The number of esters is 1. The highest BCUT2D eigenvalue weighted by Gasteiger charge is 2.55. The number of rotatable bonds is 3. The van der Waals surface area contributed by atoms with Gasteiger partial charge in [-0.15, -0.1) is 15.3 Å². The molecule has 144 valence electrons. The van der Waals surface area contributed by atoms with Gasteiger partial charge in [0.05, 0.1) is 18.1 Å². The number of fused-ring (bicyclic) bond motifs is 2. The lowest BCUT2D eigenvalue weighted by molar-refractivity contribution is -0.152. The van der Waals surface area contributed by atoms with Gasteiger partial charge in [0.1, 0.15) is 11.6 Å². The van der Waals surface area contributed by atoms with Crippen LogP contribution in [0.2, 0.25) is 0 Å². The van der Waals surface area contributed by atoms with E-state index in [2.05, 4.69) is 20.2 Å². The summed E-state index contributed by atoms with van der Waals surface area (Å²) in [6.07, 6.45) is 2.90. The molecule has 7 nitrogen and oxygen atoms in total. The van der Waals surface area contributed by atoms with Crippen molar-refractivity contribution in [3.05, 3.63) is 42.2 Å². The van der Waals surface area contributed by atoms with Crippen LogP contribution in [0, 0.1) is 17.2 Å². The van der Waals surface area contributed by atoms with E-state index < -0.39 is 5.41 Å². The predicted molar refractivity (Wildman–Crippen MR) is 100 cm³/mol. The fourth-order valence-corrected chi connectivity index (χ4v) is 4.76. The van der Waals surface area contributed by atoms with E-state index in [4.69, 9.17) is 4.74 Å². The fourth-order valence-electron chi connectivity index (χ4n) is 4.76. The highest BCUT2D eigenvalue weighted by Crippen LogP contribution is 2.50. The van der Waals surface area contributed by atoms with E-state index in [1.54, 1.807) is 22.7 Å². The maximum Gasteiger partial charge on any atom is 0.313 e. The molecule has 1 saturated carbocycles. The molecular weight excluding hydrogens is 361 g/mol. The van der Waals surface area contributed by atoms with Crippen LogP contribution in [-0.4, -0.2) is 46.0 Å². The van der Waals surface area contributed by atoms with E-state index in [-0.39, 0.29) is 17.7 Å². The number of hydrogen-bond acceptors (Lipinski definition) is 6. The minimum atomic E-state index is -0.451. The molecule has 5 rings (SSSR count). The molecule has 0 bridgehead atoms. The van der Waals surface area contributed by atoms with Gasteiger partial charge >= 0.3 is 5.97 Å². The van der Waals surface area contributed by atoms with Gasteiger partial charge in [-0.2, -0.15) is 4.52 Å². The molecule has 2 atom stereocenters. The average Bonchev–Trinajstić information content (AvgIpc) is 3.39. The minimum absolute atomic E-state index is 0.130. The molecule has 0 amide bonds. The maximum atomic E-state index is 14.2. The first-order chi connectivity index (χ1) is 13.6. The van der Waals surface area contributed by atoms with E-state index in [9.17, 15) is 9.18 Å². The molecule has 8 heteroatoms. The molecular formula is C20H20FN5O2. The Hall–Kier alpha value is -3.03. The number of anilines is 1. The van der Waals surface area contributed by atoms with Crippen LogP contribution in [0.1, 0.15) is 19.3 Å². The summed E-state index contributed by atoms with van der Waals surface area (Å²) in [5.74, 6) is 0.850. The summed E-state index contributed by atoms with van der Waals surface area (Å²) in [5, 5.41) is 12.9. The topological polar surface area (TPSA) is 72.6 Å². The minimum Gasteiger partial charge on any atom is -0.469 e. The maximum absolute atomic E-state index is 14.2. The van der Waals surface area contributed by atoms with Gasteiger partial charge in [-0.3, -0.25) is 4.79 Å². The average molecular weight is 381 g/mol. The second kappa shape index (κ2) is 6.25. The molecule has 28 heavy (non-hydrogen) atoms. The SMILES string of the molecule is COC(=O)C12CCCC1CN(c1ccc3nnc(-c4ccccc4F)n3n1)C2. The third-order valence-corrected chi connectivity index (χ3v) is 6.15. The molecule has 1 aliphatic heterocycles. The zero-order valence-electron chi connectivity index (χ0n) is 15.5. The zero-order chi connectivity index (χ0) is 19.3. The Morgan fingerprint density at radius 3 is 2.93 bits per heavy atom. The highest BCUT2D eigenvalue weighted by molar-refractivity contribution is 5.79. The summed E-state index contributed by atoms with van der Waals surface area (Å²) in [6.45, 7) is 1.34. The van der Waals surface area contributed by atoms with Crippen molar-refractivity contribution in [2.45, 2.75) is 19.3 Å². The highest BCUT2D eigenvalue weighted by atomic mass is 19.1. The smallest absolute Gasteiger partial charge is 0.313 e. The van der Waals surface area contributed by atoms with Gasteiger partial charge in [-0.1, -0.05) is 18.6 Å². The van der Waals surface area contributed by atoms with Crippen molar-refractivity contribution >= 4 is 17.4 Å². The van der Waals surface area contributed by atoms with E-state index in [0.717, 1.165) is 31.6 Å². The van der Waals surface area contributed by atoms with Gasteiger partial charge < -0.3 is 9.64 Å². The Bertz CT molecular complexity index is 1070.